The van der Waals surface area contributed by atoms with E-state index in [1.807, 2.05) is 41.9 Å². The van der Waals surface area contributed by atoms with Crippen LogP contribution < -0.4 is 10.6 Å². The molecule has 0 fully saturated rings. The fraction of sp³-hybridized carbons (Fsp3) is 0.238. The molecule has 0 aliphatic carbocycles. The number of aryl methyl sites for hydroxylation is 1. The lowest BCUT2D eigenvalue weighted by atomic mass is 10.1. The molecule has 1 aliphatic heterocycles. The molecule has 0 bridgehead atoms. The van der Waals surface area contributed by atoms with Gasteiger partial charge in [0.05, 0.1) is 18.3 Å². The number of carbonyl (C=O) groups is 1. The van der Waals surface area contributed by atoms with E-state index < -0.39 is 11.6 Å². The van der Waals surface area contributed by atoms with E-state index in [-0.39, 0.29) is 18.5 Å². The summed E-state index contributed by atoms with van der Waals surface area (Å²) in [5, 5.41) is 10.7. The molecule has 28 heavy (non-hydrogen) atoms. The zero-order chi connectivity index (χ0) is 19.7. The molecule has 0 saturated carbocycles. The highest BCUT2D eigenvalue weighted by molar-refractivity contribution is 6.00. The molecule has 1 aromatic heterocycles. The Morgan fingerprint density at radius 3 is 2.61 bits per heavy atom. The monoisotopic (exact) mass is 382 g/mol. The first-order valence-electron chi connectivity index (χ1n) is 9.19. The summed E-state index contributed by atoms with van der Waals surface area (Å²) in [6.45, 7) is 2.60. The van der Waals surface area contributed by atoms with Gasteiger partial charge in [-0.2, -0.15) is 5.10 Å². The van der Waals surface area contributed by atoms with Gasteiger partial charge in [-0.05, 0) is 29.7 Å². The average Bonchev–Trinajstić information content (AvgIpc) is 3.23. The maximum atomic E-state index is 13.4. The van der Waals surface area contributed by atoms with Crippen LogP contribution in [0.4, 0.5) is 14.6 Å². The van der Waals surface area contributed by atoms with Gasteiger partial charge in [-0.3, -0.25) is 4.79 Å². The number of hydrogen-bond acceptors (Lipinski definition) is 3. The number of rotatable bonds is 5. The molecule has 7 heteroatoms. The Kier molecular flexibility index (Phi) is 4.81. The number of benzene rings is 2. The lowest BCUT2D eigenvalue weighted by Gasteiger charge is -2.12. The van der Waals surface area contributed by atoms with Crippen LogP contribution in [0.3, 0.4) is 0 Å². The topological polar surface area (TPSA) is 59.0 Å². The van der Waals surface area contributed by atoms with Crippen LogP contribution in [0.25, 0.3) is 0 Å². The Morgan fingerprint density at radius 2 is 1.93 bits per heavy atom. The van der Waals surface area contributed by atoms with E-state index in [1.54, 1.807) is 0 Å². The number of amides is 1. The van der Waals surface area contributed by atoms with Crippen LogP contribution >= 0.6 is 0 Å². The Bertz CT molecular complexity index is 996. The maximum Gasteiger partial charge on any atom is 0.257 e. The number of anilines is 1. The van der Waals surface area contributed by atoms with E-state index in [0.717, 1.165) is 11.6 Å². The van der Waals surface area contributed by atoms with Gasteiger partial charge in [-0.1, -0.05) is 37.3 Å². The van der Waals surface area contributed by atoms with Gasteiger partial charge < -0.3 is 10.6 Å². The molecule has 2 N–H and O–H groups in total. The Balaban J connectivity index is 1.54. The highest BCUT2D eigenvalue weighted by Crippen LogP contribution is 2.33. The molecule has 1 atom stereocenters. The third-order valence-corrected chi connectivity index (χ3v) is 4.83. The summed E-state index contributed by atoms with van der Waals surface area (Å²) in [5.41, 5.74) is 2.66. The summed E-state index contributed by atoms with van der Waals surface area (Å²) in [6, 6.07) is 13.2. The summed E-state index contributed by atoms with van der Waals surface area (Å²) in [6.07, 6.45) is 0.606. The van der Waals surface area contributed by atoms with Crippen molar-refractivity contribution < 1.29 is 13.6 Å². The molecule has 0 saturated heterocycles. The normalized spacial score (nSPS) is 15.2. The Morgan fingerprint density at radius 1 is 1.21 bits per heavy atom. The van der Waals surface area contributed by atoms with Crippen molar-refractivity contribution in [2.45, 2.75) is 32.5 Å². The van der Waals surface area contributed by atoms with Crippen LogP contribution in [0.2, 0.25) is 0 Å². The van der Waals surface area contributed by atoms with Gasteiger partial charge in [0, 0.05) is 12.6 Å². The van der Waals surface area contributed by atoms with Gasteiger partial charge in [-0.15, -0.1) is 0 Å². The number of halogens is 2. The summed E-state index contributed by atoms with van der Waals surface area (Å²) in [7, 11) is 0. The average molecular weight is 382 g/mol. The molecular weight excluding hydrogens is 362 g/mol. The minimum atomic E-state index is -0.669. The van der Waals surface area contributed by atoms with E-state index >= 15 is 0 Å². The highest BCUT2D eigenvalue weighted by atomic mass is 19.1. The maximum absolute atomic E-state index is 13.4. The summed E-state index contributed by atoms with van der Waals surface area (Å²) < 4.78 is 28.5. The first-order chi connectivity index (χ1) is 13.5. The van der Waals surface area contributed by atoms with E-state index in [1.165, 1.54) is 12.1 Å². The van der Waals surface area contributed by atoms with Gasteiger partial charge in [0.1, 0.15) is 23.0 Å². The van der Waals surface area contributed by atoms with Crippen molar-refractivity contribution in [2.75, 3.05) is 5.32 Å². The number of fused-ring (bicyclic) bond motifs is 1. The summed E-state index contributed by atoms with van der Waals surface area (Å²) >= 11 is 0. The Labute approximate surface area is 161 Å². The fourth-order valence-electron chi connectivity index (χ4n) is 3.52. The number of nitrogens with zero attached hydrogens (tertiary/aromatic N) is 2. The highest BCUT2D eigenvalue weighted by Gasteiger charge is 2.30. The molecule has 3 aromatic rings. The van der Waals surface area contributed by atoms with Crippen LogP contribution in [-0.2, 0) is 19.5 Å². The third kappa shape index (κ3) is 3.47. The molecular formula is C21H20F2N4O. The second kappa shape index (κ2) is 7.42. The smallest absolute Gasteiger partial charge is 0.257 e. The molecule has 0 radical (unpaired) electrons. The van der Waals surface area contributed by atoms with E-state index in [9.17, 15) is 13.6 Å². The SMILES string of the molecule is CCc1nn2c(c1C(=O)NCc1cc(F)cc(F)c1)NC(c1ccccc1)C2. The minimum absolute atomic E-state index is 0.0312. The van der Waals surface area contributed by atoms with Crippen molar-refractivity contribution in [3.63, 3.8) is 0 Å². The standard InChI is InChI=1S/C21H20F2N4O/c1-2-17-19(21(28)24-11-13-8-15(22)10-16(23)9-13)20-25-18(12-27(20)26-17)14-6-4-3-5-7-14/h3-10,18,25H,2,11-12H2,1H3,(H,24,28). The quantitative estimate of drug-likeness (QED) is 0.705. The van der Waals surface area contributed by atoms with Gasteiger partial charge in [0.25, 0.3) is 5.91 Å². The van der Waals surface area contributed by atoms with E-state index in [2.05, 4.69) is 15.7 Å². The molecule has 5 nitrogen and oxygen atoms in total. The largest absolute Gasteiger partial charge is 0.361 e. The van der Waals surface area contributed by atoms with E-state index in [0.29, 0.717) is 35.6 Å². The van der Waals surface area contributed by atoms with Crippen molar-refractivity contribution >= 4 is 11.7 Å². The Hall–Kier alpha value is -3.22. The molecule has 1 unspecified atom stereocenters. The van der Waals surface area contributed by atoms with Crippen LogP contribution in [0.5, 0.6) is 0 Å². The minimum Gasteiger partial charge on any atom is -0.361 e. The molecule has 144 valence electrons. The molecule has 0 spiro atoms. The predicted molar refractivity (Wildman–Crippen MR) is 102 cm³/mol. The van der Waals surface area contributed by atoms with Crippen molar-refractivity contribution in [1.29, 1.82) is 0 Å². The van der Waals surface area contributed by atoms with Crippen LogP contribution in [0.15, 0.2) is 48.5 Å². The predicted octanol–water partition coefficient (Wildman–Crippen LogP) is 3.82. The fourth-order valence-corrected chi connectivity index (χ4v) is 3.52. The van der Waals surface area contributed by atoms with Crippen LogP contribution in [-0.4, -0.2) is 15.7 Å². The molecule has 2 aromatic carbocycles. The van der Waals surface area contributed by atoms with E-state index in [4.69, 9.17) is 0 Å². The summed E-state index contributed by atoms with van der Waals surface area (Å²) in [5.74, 6) is -0.979. The first-order valence-corrected chi connectivity index (χ1v) is 9.19. The van der Waals surface area contributed by atoms with Crippen molar-refractivity contribution in [2.24, 2.45) is 0 Å². The van der Waals surface area contributed by atoms with Gasteiger partial charge >= 0.3 is 0 Å². The lowest BCUT2D eigenvalue weighted by molar-refractivity contribution is 0.0950. The number of carbonyl (C=O) groups excluding carboxylic acids is 1. The zero-order valence-corrected chi connectivity index (χ0v) is 15.4. The van der Waals surface area contributed by atoms with Crippen LogP contribution in [0, 0.1) is 11.6 Å². The molecule has 2 heterocycles. The second-order valence-corrected chi connectivity index (χ2v) is 6.77. The second-order valence-electron chi connectivity index (χ2n) is 6.77. The number of aromatic nitrogens is 2. The summed E-state index contributed by atoms with van der Waals surface area (Å²) in [4.78, 5) is 12.8. The third-order valence-electron chi connectivity index (χ3n) is 4.83. The van der Waals surface area contributed by atoms with Crippen LogP contribution in [0.1, 0.15) is 40.1 Å². The molecule has 1 amide bonds. The number of nitrogens with one attached hydrogen (secondary N) is 2. The zero-order valence-electron chi connectivity index (χ0n) is 15.4. The molecule has 4 rings (SSSR count). The van der Waals surface area contributed by atoms with Gasteiger partial charge in [-0.25, -0.2) is 13.5 Å². The first kappa shape index (κ1) is 18.2. The van der Waals surface area contributed by atoms with Crippen molar-refractivity contribution in [3.8, 4) is 0 Å². The molecule has 1 aliphatic rings. The van der Waals surface area contributed by atoms with Gasteiger partial charge in [0.15, 0.2) is 0 Å². The number of hydrogen-bond donors (Lipinski definition) is 2. The lowest BCUT2D eigenvalue weighted by Crippen LogP contribution is -2.24. The van der Waals surface area contributed by atoms with Crippen molar-refractivity contribution in [1.82, 2.24) is 15.1 Å². The van der Waals surface area contributed by atoms with Crippen molar-refractivity contribution in [3.05, 3.63) is 82.5 Å². The van der Waals surface area contributed by atoms with Gasteiger partial charge in [0.2, 0.25) is 0 Å².